The number of ether oxygens (including phenoxy) is 1. The molecule has 1 aromatic heterocycles. The molecule has 0 saturated carbocycles. The molecule has 194 valence electrons. The zero-order chi connectivity index (χ0) is 26.4. The van der Waals surface area contributed by atoms with Crippen molar-refractivity contribution in [2.45, 2.75) is 57.4 Å². The summed E-state index contributed by atoms with van der Waals surface area (Å²) in [5.41, 5.74) is 4.64. The molecule has 0 radical (unpaired) electrons. The largest absolute Gasteiger partial charge is 0.469 e. The summed E-state index contributed by atoms with van der Waals surface area (Å²) in [6, 6.07) is 21.0. The number of methoxy groups -OCH3 is 1. The van der Waals surface area contributed by atoms with Crippen LogP contribution in [0, 0.1) is 6.92 Å². The summed E-state index contributed by atoms with van der Waals surface area (Å²) in [5, 5.41) is 6.58. The first-order valence-corrected chi connectivity index (χ1v) is 14.1. The highest BCUT2D eigenvalue weighted by atomic mass is 32.2. The van der Waals surface area contributed by atoms with E-state index in [2.05, 4.69) is 45.7 Å². The number of aromatic nitrogens is 1. The predicted octanol–water partition coefficient (Wildman–Crippen LogP) is 5.93. The van der Waals surface area contributed by atoms with Crippen LogP contribution in [0.25, 0.3) is 21.8 Å². The van der Waals surface area contributed by atoms with E-state index < -0.39 is 10.0 Å². The maximum atomic E-state index is 12.9. The number of hydrogen-bond donors (Lipinski definition) is 1. The maximum Gasteiger partial charge on any atom is 0.305 e. The molecule has 0 amide bonds. The van der Waals surface area contributed by atoms with Crippen molar-refractivity contribution in [3.8, 4) is 0 Å². The van der Waals surface area contributed by atoms with Crippen molar-refractivity contribution in [2.75, 3.05) is 7.11 Å². The van der Waals surface area contributed by atoms with Crippen molar-refractivity contribution in [1.29, 1.82) is 0 Å². The second-order valence-corrected chi connectivity index (χ2v) is 10.8. The molecule has 8 heteroatoms. The number of sulfonamides is 1. The first kappa shape index (κ1) is 26.4. The van der Waals surface area contributed by atoms with Gasteiger partial charge in [-0.05, 0) is 62.1 Å². The van der Waals surface area contributed by atoms with E-state index in [4.69, 9.17) is 4.74 Å². The van der Waals surface area contributed by atoms with E-state index in [0.717, 1.165) is 46.8 Å². The van der Waals surface area contributed by atoms with E-state index in [1.165, 1.54) is 12.6 Å². The number of nitrogens with zero attached hydrogens (tertiary/aromatic N) is 2. The molecule has 3 aromatic carbocycles. The number of benzene rings is 3. The lowest BCUT2D eigenvalue weighted by Gasteiger charge is -2.10. The standard InChI is InChI=1S/C29H33N3O4S/c1-4-5-19-32-27-11-7-6-9-24(27)25-20-22(15-18-28(25)32)26(10-8-12-29(33)36-3)30-31-37(34,35)23-16-13-21(2)14-17-23/h6-7,9,11,13-18,20,31H,4-5,8,10,12,19H2,1-3H3/b30-26+. The molecule has 4 rings (SSSR count). The van der Waals surface area contributed by atoms with E-state index in [1.807, 2.05) is 25.1 Å². The molecule has 0 bridgehead atoms. The van der Waals surface area contributed by atoms with E-state index in [-0.39, 0.29) is 17.3 Å². The molecule has 0 aliphatic heterocycles. The van der Waals surface area contributed by atoms with Gasteiger partial charge in [0.05, 0.1) is 17.7 Å². The van der Waals surface area contributed by atoms with Gasteiger partial charge in [-0.2, -0.15) is 18.4 Å². The molecule has 1 heterocycles. The van der Waals surface area contributed by atoms with Crippen LogP contribution >= 0.6 is 0 Å². The molecule has 0 aliphatic carbocycles. The Morgan fingerprint density at radius 3 is 2.41 bits per heavy atom. The van der Waals surface area contributed by atoms with E-state index in [9.17, 15) is 13.2 Å². The van der Waals surface area contributed by atoms with E-state index >= 15 is 0 Å². The van der Waals surface area contributed by atoms with Crippen molar-refractivity contribution in [3.63, 3.8) is 0 Å². The van der Waals surface area contributed by atoms with Crippen molar-refractivity contribution in [3.05, 3.63) is 77.9 Å². The molecule has 37 heavy (non-hydrogen) atoms. The summed E-state index contributed by atoms with van der Waals surface area (Å²) in [7, 11) is -2.49. The number of unbranched alkanes of at least 4 members (excludes halogenated alkanes) is 1. The van der Waals surface area contributed by atoms with Crippen molar-refractivity contribution in [2.24, 2.45) is 5.10 Å². The fourth-order valence-corrected chi connectivity index (χ4v) is 5.27. The van der Waals surface area contributed by atoms with Crippen LogP contribution in [0.4, 0.5) is 0 Å². The Hall–Kier alpha value is -3.65. The van der Waals surface area contributed by atoms with Gasteiger partial charge in [0.2, 0.25) is 0 Å². The highest BCUT2D eigenvalue weighted by Gasteiger charge is 2.16. The minimum atomic E-state index is -3.84. The highest BCUT2D eigenvalue weighted by Crippen LogP contribution is 2.30. The average Bonchev–Trinajstić information content (AvgIpc) is 3.22. The van der Waals surface area contributed by atoms with Crippen LogP contribution < -0.4 is 4.83 Å². The molecule has 0 saturated heterocycles. The number of esters is 1. The normalized spacial score (nSPS) is 12.2. The molecule has 0 aliphatic rings. The lowest BCUT2D eigenvalue weighted by molar-refractivity contribution is -0.140. The van der Waals surface area contributed by atoms with Crippen LogP contribution in [0.2, 0.25) is 0 Å². The lowest BCUT2D eigenvalue weighted by Crippen LogP contribution is -2.21. The van der Waals surface area contributed by atoms with E-state index in [1.54, 1.807) is 24.3 Å². The summed E-state index contributed by atoms with van der Waals surface area (Å²) in [6.07, 6.45) is 3.29. The predicted molar refractivity (Wildman–Crippen MR) is 148 cm³/mol. The van der Waals surface area contributed by atoms with Crippen LogP contribution in [-0.2, 0) is 26.1 Å². The van der Waals surface area contributed by atoms with Gasteiger partial charge in [-0.15, -0.1) is 0 Å². The quantitative estimate of drug-likeness (QED) is 0.151. The second kappa shape index (κ2) is 11.6. The number of hydrazone groups is 1. The van der Waals surface area contributed by atoms with Gasteiger partial charge in [-0.25, -0.2) is 0 Å². The lowest BCUT2D eigenvalue weighted by atomic mass is 10.0. The second-order valence-electron chi connectivity index (χ2n) is 9.15. The summed E-state index contributed by atoms with van der Waals surface area (Å²) in [5.74, 6) is -0.311. The Balaban J connectivity index is 1.73. The Morgan fingerprint density at radius 1 is 0.946 bits per heavy atom. The van der Waals surface area contributed by atoms with Crippen LogP contribution in [0.3, 0.4) is 0 Å². The number of hydrogen-bond acceptors (Lipinski definition) is 5. The number of carbonyl (C=O) groups excluding carboxylic acids is 1. The van der Waals surface area contributed by atoms with Gasteiger partial charge in [0.1, 0.15) is 0 Å². The molecule has 0 spiro atoms. The minimum Gasteiger partial charge on any atom is -0.469 e. The first-order chi connectivity index (χ1) is 17.8. The molecular weight excluding hydrogens is 486 g/mol. The topological polar surface area (TPSA) is 89.8 Å². The van der Waals surface area contributed by atoms with E-state index in [0.29, 0.717) is 18.6 Å². The number of aryl methyl sites for hydroxylation is 2. The Bertz CT molecular complexity index is 1540. The summed E-state index contributed by atoms with van der Waals surface area (Å²) < 4.78 is 32.9. The van der Waals surface area contributed by atoms with Gasteiger partial charge in [-0.3, -0.25) is 4.79 Å². The number of para-hydroxylation sites is 1. The fourth-order valence-electron chi connectivity index (χ4n) is 4.44. The minimum absolute atomic E-state index is 0.144. The Kier molecular flexibility index (Phi) is 8.28. The van der Waals surface area contributed by atoms with Gasteiger partial charge >= 0.3 is 5.97 Å². The monoisotopic (exact) mass is 519 g/mol. The summed E-state index contributed by atoms with van der Waals surface area (Å²) in [6.45, 7) is 5.01. The van der Waals surface area contributed by atoms with Gasteiger partial charge in [0.15, 0.2) is 0 Å². The average molecular weight is 520 g/mol. The Labute approximate surface area is 218 Å². The van der Waals surface area contributed by atoms with Crippen LogP contribution in [-0.4, -0.2) is 31.8 Å². The molecule has 7 nitrogen and oxygen atoms in total. The summed E-state index contributed by atoms with van der Waals surface area (Å²) in [4.78, 5) is 14.2. The van der Waals surface area contributed by atoms with Crippen LogP contribution in [0.1, 0.15) is 50.2 Å². The highest BCUT2D eigenvalue weighted by molar-refractivity contribution is 7.89. The molecule has 0 fully saturated rings. The molecule has 0 unspecified atom stereocenters. The van der Waals surface area contributed by atoms with Crippen molar-refractivity contribution in [1.82, 2.24) is 9.40 Å². The molecule has 4 aromatic rings. The molecule has 1 N–H and O–H groups in total. The fraction of sp³-hybridized carbons (Fsp3) is 0.310. The number of fused-ring (bicyclic) bond motifs is 3. The molecular formula is C29H33N3O4S. The van der Waals surface area contributed by atoms with Crippen LogP contribution in [0.5, 0.6) is 0 Å². The smallest absolute Gasteiger partial charge is 0.305 e. The van der Waals surface area contributed by atoms with Gasteiger partial charge < -0.3 is 9.30 Å². The maximum absolute atomic E-state index is 12.9. The Morgan fingerprint density at radius 2 is 1.68 bits per heavy atom. The van der Waals surface area contributed by atoms with Gasteiger partial charge in [0.25, 0.3) is 10.0 Å². The zero-order valence-electron chi connectivity index (χ0n) is 21.5. The van der Waals surface area contributed by atoms with Gasteiger partial charge in [-0.1, -0.05) is 55.3 Å². The third-order valence-electron chi connectivity index (χ3n) is 6.50. The third-order valence-corrected chi connectivity index (χ3v) is 7.72. The SMILES string of the molecule is CCCCn1c2ccccc2c2cc(/C(CCCC(=O)OC)=N/NS(=O)(=O)c3ccc(C)cc3)ccc21. The zero-order valence-corrected chi connectivity index (χ0v) is 22.3. The number of carbonyl (C=O) groups is 1. The molecule has 0 atom stereocenters. The van der Waals surface area contributed by atoms with Crippen molar-refractivity contribution < 1.29 is 17.9 Å². The summed E-state index contributed by atoms with van der Waals surface area (Å²) >= 11 is 0. The number of rotatable bonds is 11. The number of nitrogens with one attached hydrogen (secondary N) is 1. The van der Waals surface area contributed by atoms with Crippen LogP contribution in [0.15, 0.2) is 76.7 Å². The first-order valence-electron chi connectivity index (χ1n) is 12.6. The third kappa shape index (κ3) is 6.02. The van der Waals surface area contributed by atoms with Gasteiger partial charge in [0, 0.05) is 34.8 Å². The van der Waals surface area contributed by atoms with Crippen molar-refractivity contribution >= 4 is 43.5 Å².